The standard InChI is InChI=1S/C42H53F3O4/c1-3-5-7-9-10-11-12-13-14-15-17-33-19-24-35(25-20-33)36-26-28-37(29-27-36)41(47)48-38-30-21-34(22-31-38)23-32-40(46)49-39(42(43,44)45)18-16-8-6-4-2/h19-32,39H,3-18H2,1-2H3/t39-/m1/s1. The monoisotopic (exact) mass is 678 g/mol. The highest BCUT2D eigenvalue weighted by molar-refractivity contribution is 5.91. The van der Waals surface area contributed by atoms with Gasteiger partial charge < -0.3 is 9.47 Å². The lowest BCUT2D eigenvalue weighted by Gasteiger charge is -2.19. The number of rotatable bonds is 22. The van der Waals surface area contributed by atoms with Crippen molar-refractivity contribution in [3.8, 4) is 16.9 Å². The van der Waals surface area contributed by atoms with Gasteiger partial charge in [0, 0.05) is 6.08 Å². The minimum atomic E-state index is -4.61. The van der Waals surface area contributed by atoms with Crippen molar-refractivity contribution < 1.29 is 32.2 Å². The molecule has 3 rings (SSSR count). The molecule has 0 aromatic heterocycles. The second-order valence-corrected chi connectivity index (χ2v) is 12.8. The number of hydrogen-bond donors (Lipinski definition) is 0. The maximum absolute atomic E-state index is 13.3. The molecule has 0 saturated carbocycles. The molecule has 0 aliphatic carbocycles. The van der Waals surface area contributed by atoms with E-state index in [9.17, 15) is 22.8 Å². The molecule has 0 aliphatic heterocycles. The Balaban J connectivity index is 1.41. The molecule has 7 heteroatoms. The first-order valence-electron chi connectivity index (χ1n) is 18.2. The van der Waals surface area contributed by atoms with Crippen molar-refractivity contribution in [3.05, 3.63) is 95.6 Å². The number of halogens is 3. The zero-order valence-corrected chi connectivity index (χ0v) is 29.2. The molecule has 0 fully saturated rings. The van der Waals surface area contributed by atoms with Gasteiger partial charge in [-0.15, -0.1) is 0 Å². The van der Waals surface area contributed by atoms with E-state index in [0.717, 1.165) is 36.5 Å². The SMILES string of the molecule is CCCCCCCCCCCCc1ccc(-c2ccc(C(=O)Oc3ccc(C=CC(=O)O[C@H](CCCCCC)C(F)(F)F)cc3)cc2)cc1. The molecule has 0 N–H and O–H groups in total. The Morgan fingerprint density at radius 1 is 0.653 bits per heavy atom. The Bertz CT molecular complexity index is 1390. The highest BCUT2D eigenvalue weighted by Gasteiger charge is 2.42. The van der Waals surface area contributed by atoms with Crippen molar-refractivity contribution in [2.24, 2.45) is 0 Å². The van der Waals surface area contributed by atoms with Gasteiger partial charge in [-0.3, -0.25) is 0 Å². The molecule has 0 saturated heterocycles. The van der Waals surface area contributed by atoms with E-state index in [4.69, 9.17) is 9.47 Å². The Morgan fingerprint density at radius 3 is 1.71 bits per heavy atom. The van der Waals surface area contributed by atoms with E-state index in [0.29, 0.717) is 29.7 Å². The van der Waals surface area contributed by atoms with E-state index in [1.165, 1.54) is 75.8 Å². The summed E-state index contributed by atoms with van der Waals surface area (Å²) < 4.78 is 50.1. The summed E-state index contributed by atoms with van der Waals surface area (Å²) in [4.78, 5) is 24.8. The minimum absolute atomic E-state index is 0.252. The summed E-state index contributed by atoms with van der Waals surface area (Å²) in [7, 11) is 0. The van der Waals surface area contributed by atoms with Crippen LogP contribution in [0, 0.1) is 0 Å². The summed E-state index contributed by atoms with van der Waals surface area (Å²) in [5, 5.41) is 0. The van der Waals surface area contributed by atoms with E-state index in [1.807, 2.05) is 19.1 Å². The first-order valence-corrected chi connectivity index (χ1v) is 18.2. The molecule has 0 aliphatic rings. The smallest absolute Gasteiger partial charge is 0.425 e. The summed E-state index contributed by atoms with van der Waals surface area (Å²) in [6.45, 7) is 4.23. The van der Waals surface area contributed by atoms with Crippen LogP contribution in [-0.4, -0.2) is 24.2 Å². The van der Waals surface area contributed by atoms with Gasteiger partial charge in [-0.25, -0.2) is 9.59 Å². The topological polar surface area (TPSA) is 52.6 Å². The molecule has 0 spiro atoms. The van der Waals surface area contributed by atoms with Crippen LogP contribution in [0.25, 0.3) is 17.2 Å². The van der Waals surface area contributed by atoms with Gasteiger partial charge in [0.2, 0.25) is 0 Å². The van der Waals surface area contributed by atoms with Crippen LogP contribution < -0.4 is 4.74 Å². The number of benzene rings is 3. The van der Waals surface area contributed by atoms with Gasteiger partial charge in [-0.2, -0.15) is 13.2 Å². The van der Waals surface area contributed by atoms with E-state index < -0.39 is 24.2 Å². The molecule has 0 unspecified atom stereocenters. The van der Waals surface area contributed by atoms with Crippen molar-refractivity contribution in [3.63, 3.8) is 0 Å². The summed E-state index contributed by atoms with van der Waals surface area (Å²) in [6, 6.07) is 22.2. The number of alkyl halides is 3. The number of unbranched alkanes of at least 4 members (excludes halogenated alkanes) is 12. The normalized spacial score (nSPS) is 12.3. The zero-order chi connectivity index (χ0) is 35.3. The van der Waals surface area contributed by atoms with Crippen molar-refractivity contribution in [2.75, 3.05) is 0 Å². The summed E-state index contributed by atoms with van der Waals surface area (Å²) in [5.74, 6) is -1.27. The van der Waals surface area contributed by atoms with Crippen LogP contribution >= 0.6 is 0 Å². The Labute approximate surface area is 291 Å². The summed E-state index contributed by atoms with van der Waals surface area (Å²) >= 11 is 0. The molecule has 4 nitrogen and oxygen atoms in total. The van der Waals surface area contributed by atoms with Crippen LogP contribution in [0.1, 0.15) is 132 Å². The van der Waals surface area contributed by atoms with Crippen molar-refractivity contribution in [1.29, 1.82) is 0 Å². The average Bonchev–Trinajstić information content (AvgIpc) is 3.10. The van der Waals surface area contributed by atoms with Crippen LogP contribution in [-0.2, 0) is 16.0 Å². The van der Waals surface area contributed by atoms with Crippen molar-refractivity contribution >= 4 is 18.0 Å². The Morgan fingerprint density at radius 2 is 1.16 bits per heavy atom. The number of aryl methyl sites for hydroxylation is 1. The third-order valence-electron chi connectivity index (χ3n) is 8.67. The zero-order valence-electron chi connectivity index (χ0n) is 29.2. The second kappa shape index (κ2) is 22.0. The van der Waals surface area contributed by atoms with Gasteiger partial charge in [-0.05, 0) is 78.3 Å². The second-order valence-electron chi connectivity index (χ2n) is 12.8. The molecular formula is C42H53F3O4. The average molecular weight is 679 g/mol. The van der Waals surface area contributed by atoms with Crippen LogP contribution in [0.4, 0.5) is 13.2 Å². The molecular weight excluding hydrogens is 625 g/mol. The molecule has 0 radical (unpaired) electrons. The Kier molecular flexibility index (Phi) is 17.7. The lowest BCUT2D eigenvalue weighted by Crippen LogP contribution is -2.33. The third kappa shape index (κ3) is 15.5. The number of ether oxygens (including phenoxy) is 2. The molecule has 266 valence electrons. The highest BCUT2D eigenvalue weighted by Crippen LogP contribution is 2.28. The minimum Gasteiger partial charge on any atom is -0.450 e. The maximum Gasteiger partial charge on any atom is 0.425 e. The first kappa shape index (κ1) is 39.6. The van der Waals surface area contributed by atoms with Crippen LogP contribution in [0.15, 0.2) is 78.9 Å². The maximum atomic E-state index is 13.3. The first-order chi connectivity index (χ1) is 23.7. The van der Waals surface area contributed by atoms with Gasteiger partial charge in [-0.1, -0.05) is 139 Å². The van der Waals surface area contributed by atoms with E-state index in [1.54, 1.807) is 36.4 Å². The largest absolute Gasteiger partial charge is 0.450 e. The number of carbonyl (C=O) groups is 2. The van der Waals surface area contributed by atoms with Crippen molar-refractivity contribution in [2.45, 2.75) is 129 Å². The molecule has 3 aromatic carbocycles. The lowest BCUT2D eigenvalue weighted by atomic mass is 10.00. The van der Waals surface area contributed by atoms with Gasteiger partial charge in [0.15, 0.2) is 6.10 Å². The van der Waals surface area contributed by atoms with Crippen LogP contribution in [0.5, 0.6) is 5.75 Å². The molecule has 0 bridgehead atoms. The highest BCUT2D eigenvalue weighted by atomic mass is 19.4. The summed E-state index contributed by atoms with van der Waals surface area (Å²) in [5.41, 5.74) is 4.38. The number of carbonyl (C=O) groups excluding carboxylic acids is 2. The third-order valence-corrected chi connectivity index (χ3v) is 8.67. The molecule has 0 amide bonds. The van der Waals surface area contributed by atoms with E-state index in [-0.39, 0.29) is 6.42 Å². The van der Waals surface area contributed by atoms with Gasteiger partial charge in [0.1, 0.15) is 5.75 Å². The predicted octanol–water partition coefficient (Wildman–Crippen LogP) is 12.5. The van der Waals surface area contributed by atoms with Crippen molar-refractivity contribution in [1.82, 2.24) is 0 Å². The summed E-state index contributed by atoms with van der Waals surface area (Å²) in [6.07, 6.45) is 12.5. The van der Waals surface area contributed by atoms with E-state index >= 15 is 0 Å². The Hall–Kier alpha value is -3.87. The number of hydrogen-bond acceptors (Lipinski definition) is 4. The lowest BCUT2D eigenvalue weighted by molar-refractivity contribution is -0.220. The predicted molar refractivity (Wildman–Crippen MR) is 193 cm³/mol. The van der Waals surface area contributed by atoms with Gasteiger partial charge in [0.25, 0.3) is 0 Å². The fraction of sp³-hybridized carbons (Fsp3) is 0.476. The van der Waals surface area contributed by atoms with Crippen LogP contribution in [0.2, 0.25) is 0 Å². The van der Waals surface area contributed by atoms with Crippen LogP contribution in [0.3, 0.4) is 0 Å². The molecule has 3 aromatic rings. The fourth-order valence-corrected chi connectivity index (χ4v) is 5.68. The van der Waals surface area contributed by atoms with Gasteiger partial charge in [0.05, 0.1) is 5.56 Å². The molecule has 1 atom stereocenters. The molecule has 49 heavy (non-hydrogen) atoms. The number of esters is 2. The fourth-order valence-electron chi connectivity index (χ4n) is 5.68. The van der Waals surface area contributed by atoms with E-state index in [2.05, 4.69) is 31.2 Å². The quantitative estimate of drug-likeness (QED) is 0.0459. The molecule has 0 heterocycles. The van der Waals surface area contributed by atoms with Gasteiger partial charge >= 0.3 is 18.1 Å².